The molecule has 17 heavy (non-hydrogen) atoms. The van der Waals surface area contributed by atoms with E-state index in [1.54, 1.807) is 23.5 Å². The van der Waals surface area contributed by atoms with Crippen LogP contribution >= 0.6 is 11.8 Å². The van der Waals surface area contributed by atoms with Crippen molar-refractivity contribution in [1.29, 1.82) is 0 Å². The van der Waals surface area contributed by atoms with Gasteiger partial charge in [0.25, 0.3) is 0 Å². The monoisotopic (exact) mass is 256 g/mol. The second-order valence-corrected chi connectivity index (χ2v) is 5.55. The Morgan fingerprint density at radius 2 is 2.53 bits per heavy atom. The Balaban J connectivity index is 2.03. The van der Waals surface area contributed by atoms with Gasteiger partial charge in [-0.25, -0.2) is 9.67 Å². The average Bonchev–Trinajstić information content (AvgIpc) is 2.88. The fourth-order valence-electron chi connectivity index (χ4n) is 2.17. The van der Waals surface area contributed by atoms with Crippen molar-refractivity contribution >= 4 is 17.7 Å². The fraction of sp³-hybridized carbons (Fsp3) is 0.700. The quantitative estimate of drug-likeness (QED) is 0.816. The topological polar surface area (TPSA) is 80.0 Å². The Labute approximate surface area is 104 Å². The van der Waals surface area contributed by atoms with Gasteiger partial charge in [-0.1, -0.05) is 11.8 Å². The van der Waals surface area contributed by atoms with Crippen LogP contribution in [0.4, 0.5) is 0 Å². The van der Waals surface area contributed by atoms with Gasteiger partial charge in [0.2, 0.25) is 0 Å². The lowest BCUT2D eigenvalue weighted by Crippen LogP contribution is -2.48. The van der Waals surface area contributed by atoms with Gasteiger partial charge < -0.3 is 10.4 Å². The first-order chi connectivity index (χ1) is 8.07. The lowest BCUT2D eigenvalue weighted by molar-refractivity contribution is -0.144. The van der Waals surface area contributed by atoms with Gasteiger partial charge in [-0.15, -0.1) is 0 Å². The molecule has 94 valence electrons. The molecule has 0 bridgehead atoms. The number of likely N-dealkylation sites (N-methyl/N-ethyl adjacent to an activating group) is 1. The Hall–Kier alpha value is -1.08. The molecule has 1 heterocycles. The average molecular weight is 256 g/mol. The Kier molecular flexibility index (Phi) is 3.39. The summed E-state index contributed by atoms with van der Waals surface area (Å²) in [4.78, 5) is 15.4. The molecule has 7 heteroatoms. The van der Waals surface area contributed by atoms with E-state index in [-0.39, 0.29) is 5.25 Å². The van der Waals surface area contributed by atoms with Crippen molar-refractivity contribution < 1.29 is 9.90 Å². The van der Waals surface area contributed by atoms with Crippen LogP contribution in [-0.4, -0.2) is 43.7 Å². The number of nitrogens with zero attached hydrogens (tertiary/aromatic N) is 3. The molecule has 1 aliphatic rings. The van der Waals surface area contributed by atoms with Gasteiger partial charge in [0, 0.05) is 12.3 Å². The van der Waals surface area contributed by atoms with Crippen molar-refractivity contribution in [3.8, 4) is 0 Å². The van der Waals surface area contributed by atoms with Crippen LogP contribution in [0.2, 0.25) is 0 Å². The van der Waals surface area contributed by atoms with Gasteiger partial charge in [0.15, 0.2) is 5.16 Å². The largest absolute Gasteiger partial charge is 0.480 e. The van der Waals surface area contributed by atoms with Gasteiger partial charge in [-0.05, 0) is 26.3 Å². The third-order valence-corrected chi connectivity index (χ3v) is 4.62. The molecule has 1 aliphatic carbocycles. The molecule has 0 radical (unpaired) electrons. The maximum Gasteiger partial charge on any atom is 0.323 e. The summed E-state index contributed by atoms with van der Waals surface area (Å²) >= 11 is 1.61. The van der Waals surface area contributed by atoms with E-state index in [4.69, 9.17) is 0 Å². The van der Waals surface area contributed by atoms with E-state index in [0.717, 1.165) is 11.6 Å². The minimum atomic E-state index is -0.768. The molecule has 1 saturated carbocycles. The van der Waals surface area contributed by atoms with Crippen molar-refractivity contribution in [3.63, 3.8) is 0 Å². The number of nitrogens with one attached hydrogen (secondary N) is 1. The lowest BCUT2D eigenvalue weighted by atomic mass is 9.99. The van der Waals surface area contributed by atoms with Crippen LogP contribution in [0.1, 0.15) is 19.3 Å². The number of aryl methyl sites for hydroxylation is 1. The summed E-state index contributed by atoms with van der Waals surface area (Å²) in [5, 5.41) is 17.3. The van der Waals surface area contributed by atoms with Gasteiger partial charge in [0.05, 0.1) is 0 Å². The van der Waals surface area contributed by atoms with E-state index >= 15 is 0 Å². The highest BCUT2D eigenvalue weighted by Crippen LogP contribution is 2.39. The molecule has 0 aromatic carbocycles. The van der Waals surface area contributed by atoms with Crippen molar-refractivity contribution in [2.24, 2.45) is 7.05 Å². The maximum absolute atomic E-state index is 11.3. The minimum absolute atomic E-state index is 0.279. The highest BCUT2D eigenvalue weighted by atomic mass is 32.2. The molecule has 6 nitrogen and oxygen atoms in total. The standard InChI is InChI=1S/C10H16N4O2S/c1-11-10(8(15)16)4-3-7(5-10)17-9-12-6-13-14(9)2/h6-7,11H,3-5H2,1-2H3,(H,15,16). The zero-order valence-corrected chi connectivity index (χ0v) is 10.7. The normalized spacial score (nSPS) is 28.5. The molecule has 0 saturated heterocycles. The Morgan fingerprint density at radius 1 is 1.76 bits per heavy atom. The first kappa shape index (κ1) is 12.4. The molecule has 0 aliphatic heterocycles. The van der Waals surface area contributed by atoms with Crippen molar-refractivity contribution in [3.05, 3.63) is 6.33 Å². The summed E-state index contributed by atoms with van der Waals surface area (Å²) in [6, 6.07) is 0. The van der Waals surface area contributed by atoms with Crippen LogP contribution in [0, 0.1) is 0 Å². The van der Waals surface area contributed by atoms with E-state index in [1.165, 1.54) is 6.33 Å². The molecule has 1 aromatic rings. The molecule has 2 unspecified atom stereocenters. The zero-order valence-electron chi connectivity index (χ0n) is 9.88. The van der Waals surface area contributed by atoms with Crippen molar-refractivity contribution in [2.45, 2.75) is 35.2 Å². The number of carboxylic acids is 1. The van der Waals surface area contributed by atoms with Crippen LogP contribution in [-0.2, 0) is 11.8 Å². The summed E-state index contributed by atoms with van der Waals surface area (Å²) in [6.07, 6.45) is 3.68. The number of hydrogen-bond acceptors (Lipinski definition) is 5. The number of carboxylic acid groups (broad SMARTS) is 1. The molecule has 0 amide bonds. The number of aromatic nitrogens is 3. The third kappa shape index (κ3) is 2.30. The summed E-state index contributed by atoms with van der Waals surface area (Å²) in [7, 11) is 3.55. The molecule has 2 N–H and O–H groups in total. The van der Waals surface area contributed by atoms with Crippen molar-refractivity contribution in [2.75, 3.05) is 7.05 Å². The van der Waals surface area contributed by atoms with Crippen LogP contribution in [0.25, 0.3) is 0 Å². The Bertz CT molecular complexity index is 422. The van der Waals surface area contributed by atoms with E-state index in [1.807, 2.05) is 7.05 Å². The third-order valence-electron chi connectivity index (χ3n) is 3.30. The summed E-state index contributed by atoms with van der Waals surface area (Å²) < 4.78 is 1.71. The fourth-order valence-corrected chi connectivity index (χ4v) is 3.38. The second-order valence-electron chi connectivity index (χ2n) is 4.29. The number of carbonyl (C=O) groups is 1. The molecule has 2 rings (SSSR count). The maximum atomic E-state index is 11.3. The predicted molar refractivity (Wildman–Crippen MR) is 63.9 cm³/mol. The van der Waals surface area contributed by atoms with E-state index < -0.39 is 11.5 Å². The SMILES string of the molecule is CNC1(C(=O)O)CCC(Sc2ncnn2C)C1. The van der Waals surface area contributed by atoms with E-state index in [9.17, 15) is 9.90 Å². The summed E-state index contributed by atoms with van der Waals surface area (Å²) in [5.41, 5.74) is -0.768. The first-order valence-corrected chi connectivity index (χ1v) is 6.38. The highest BCUT2D eigenvalue weighted by molar-refractivity contribution is 7.99. The van der Waals surface area contributed by atoms with Crippen LogP contribution in [0.15, 0.2) is 11.5 Å². The molecular weight excluding hydrogens is 240 g/mol. The van der Waals surface area contributed by atoms with Crippen LogP contribution in [0.5, 0.6) is 0 Å². The number of thioether (sulfide) groups is 1. The van der Waals surface area contributed by atoms with Crippen LogP contribution in [0.3, 0.4) is 0 Å². The number of hydrogen-bond donors (Lipinski definition) is 2. The van der Waals surface area contributed by atoms with Crippen molar-refractivity contribution in [1.82, 2.24) is 20.1 Å². The molecule has 2 atom stereocenters. The zero-order chi connectivity index (χ0) is 12.5. The lowest BCUT2D eigenvalue weighted by Gasteiger charge is -2.23. The van der Waals surface area contributed by atoms with Gasteiger partial charge >= 0.3 is 5.97 Å². The van der Waals surface area contributed by atoms with Gasteiger partial charge in [-0.2, -0.15) is 5.10 Å². The van der Waals surface area contributed by atoms with Gasteiger partial charge in [-0.3, -0.25) is 4.79 Å². The molecule has 0 spiro atoms. The van der Waals surface area contributed by atoms with Crippen LogP contribution < -0.4 is 5.32 Å². The number of rotatable bonds is 4. The minimum Gasteiger partial charge on any atom is -0.480 e. The summed E-state index contributed by atoms with van der Waals surface area (Å²) in [6.45, 7) is 0. The molecular formula is C10H16N4O2S. The number of aliphatic carboxylic acids is 1. The van der Waals surface area contributed by atoms with Gasteiger partial charge in [0.1, 0.15) is 11.9 Å². The van der Waals surface area contributed by atoms with E-state index in [2.05, 4.69) is 15.4 Å². The van der Waals surface area contributed by atoms with E-state index in [0.29, 0.717) is 12.8 Å². The predicted octanol–water partition coefficient (Wildman–Crippen LogP) is 0.502. The smallest absolute Gasteiger partial charge is 0.323 e. The Morgan fingerprint density at radius 3 is 3.00 bits per heavy atom. The summed E-state index contributed by atoms with van der Waals surface area (Å²) in [5.74, 6) is -0.763. The molecule has 1 aromatic heterocycles. The first-order valence-electron chi connectivity index (χ1n) is 5.50. The molecule has 1 fully saturated rings. The highest BCUT2D eigenvalue weighted by Gasteiger charge is 2.44. The second kappa shape index (κ2) is 4.66.